The predicted octanol–water partition coefficient (Wildman–Crippen LogP) is 3.71. The smallest absolute Gasteiger partial charge is 0.159 e. The lowest BCUT2D eigenvalue weighted by molar-refractivity contribution is 0.186. The molecule has 2 N–H and O–H groups in total. The van der Waals surface area contributed by atoms with Crippen molar-refractivity contribution in [3.05, 3.63) is 60.6 Å². The average Bonchev–Trinajstić information content (AvgIpc) is 3.32. The molecule has 0 amide bonds. The summed E-state index contributed by atoms with van der Waals surface area (Å²) in [6, 6.07) is 12.0. The van der Waals surface area contributed by atoms with Gasteiger partial charge >= 0.3 is 0 Å². The highest BCUT2D eigenvalue weighted by Gasteiger charge is 2.15. The monoisotopic (exact) mass is 356 g/mol. The first-order valence-corrected chi connectivity index (χ1v) is 8.55. The summed E-state index contributed by atoms with van der Waals surface area (Å²) in [7, 11) is 1.68. The lowest BCUT2D eigenvalue weighted by Crippen LogP contribution is -1.88. The van der Waals surface area contributed by atoms with E-state index in [1.807, 2.05) is 36.5 Å². The quantitative estimate of drug-likeness (QED) is 0.512. The molecule has 5 rings (SSSR count). The zero-order valence-corrected chi connectivity index (χ0v) is 14.6. The molecule has 0 aliphatic carbocycles. The summed E-state index contributed by atoms with van der Waals surface area (Å²) >= 11 is 0. The topological polar surface area (TPSA) is 92.4 Å². The van der Waals surface area contributed by atoms with Gasteiger partial charge in [0.15, 0.2) is 11.5 Å². The summed E-state index contributed by atoms with van der Waals surface area (Å²) in [5.74, 6) is 0.702. The molecule has 0 atom stereocenters. The molecule has 0 unspecified atom stereocenters. The second-order valence-electron chi connectivity index (χ2n) is 6.26. The minimum absolute atomic E-state index is 0.511. The number of hydrogen-bond acceptors (Lipinski definition) is 5. The maximum atomic E-state index is 5.28. The number of rotatable bonds is 4. The Balaban J connectivity index is 1.67. The second kappa shape index (κ2) is 6.30. The van der Waals surface area contributed by atoms with Crippen LogP contribution in [0.3, 0.4) is 0 Å². The lowest BCUT2D eigenvalue weighted by atomic mass is 10.1. The van der Waals surface area contributed by atoms with Gasteiger partial charge in [0.1, 0.15) is 5.69 Å². The zero-order chi connectivity index (χ0) is 18.2. The van der Waals surface area contributed by atoms with Crippen LogP contribution in [0.25, 0.3) is 44.7 Å². The molecule has 7 nitrogen and oxygen atoms in total. The van der Waals surface area contributed by atoms with E-state index in [9.17, 15) is 0 Å². The number of aromatic nitrogens is 6. The van der Waals surface area contributed by atoms with Crippen molar-refractivity contribution in [1.29, 1.82) is 0 Å². The van der Waals surface area contributed by atoms with Crippen molar-refractivity contribution in [2.75, 3.05) is 7.11 Å². The first-order valence-electron chi connectivity index (χ1n) is 8.55. The summed E-state index contributed by atoms with van der Waals surface area (Å²) < 4.78 is 5.28. The van der Waals surface area contributed by atoms with E-state index >= 15 is 0 Å². The molecular formula is C20H16N6O. The normalized spacial score (nSPS) is 11.4. The van der Waals surface area contributed by atoms with Crippen LogP contribution in [0.15, 0.2) is 55.0 Å². The molecular weight excluding hydrogens is 340 g/mol. The summed E-state index contributed by atoms with van der Waals surface area (Å²) in [6.45, 7) is 0.511. The summed E-state index contributed by atoms with van der Waals surface area (Å²) in [6.07, 6.45) is 5.37. The van der Waals surface area contributed by atoms with Crippen LogP contribution < -0.4 is 0 Å². The number of hydrogen-bond donors (Lipinski definition) is 2. The first-order chi connectivity index (χ1) is 13.3. The Bertz CT molecular complexity index is 1240. The van der Waals surface area contributed by atoms with E-state index < -0.39 is 0 Å². The van der Waals surface area contributed by atoms with E-state index in [-0.39, 0.29) is 0 Å². The zero-order valence-electron chi connectivity index (χ0n) is 14.6. The Hall–Kier alpha value is -3.58. The Kier molecular flexibility index (Phi) is 3.65. The number of fused-ring (bicyclic) bond motifs is 2. The minimum Gasteiger partial charge on any atom is -0.380 e. The third kappa shape index (κ3) is 2.65. The van der Waals surface area contributed by atoms with Gasteiger partial charge in [0.2, 0.25) is 0 Å². The second-order valence-corrected chi connectivity index (χ2v) is 6.26. The highest BCUT2D eigenvalue weighted by molar-refractivity contribution is 5.93. The molecule has 1 aromatic carbocycles. The molecule has 0 saturated heterocycles. The van der Waals surface area contributed by atoms with Gasteiger partial charge in [0, 0.05) is 36.8 Å². The fourth-order valence-corrected chi connectivity index (χ4v) is 3.26. The van der Waals surface area contributed by atoms with Crippen molar-refractivity contribution < 1.29 is 4.74 Å². The molecule has 0 radical (unpaired) electrons. The van der Waals surface area contributed by atoms with Crippen molar-refractivity contribution in [3.8, 4) is 22.6 Å². The van der Waals surface area contributed by atoms with Crippen LogP contribution in [0.2, 0.25) is 0 Å². The Morgan fingerprint density at radius 3 is 2.81 bits per heavy atom. The Morgan fingerprint density at radius 1 is 1.07 bits per heavy atom. The van der Waals surface area contributed by atoms with E-state index in [2.05, 4.69) is 31.2 Å². The highest BCUT2D eigenvalue weighted by atomic mass is 16.5. The maximum absolute atomic E-state index is 5.28. The van der Waals surface area contributed by atoms with Gasteiger partial charge in [-0.2, -0.15) is 5.10 Å². The molecule has 4 aromatic heterocycles. The molecule has 0 bridgehead atoms. The maximum Gasteiger partial charge on any atom is 0.159 e. The van der Waals surface area contributed by atoms with E-state index in [1.54, 1.807) is 19.5 Å². The van der Waals surface area contributed by atoms with Gasteiger partial charge in [0.25, 0.3) is 0 Å². The number of para-hydroxylation sites is 1. The summed E-state index contributed by atoms with van der Waals surface area (Å²) in [4.78, 5) is 16.7. The number of benzene rings is 1. The van der Waals surface area contributed by atoms with Gasteiger partial charge in [-0.3, -0.25) is 10.1 Å². The van der Waals surface area contributed by atoms with Crippen molar-refractivity contribution in [2.24, 2.45) is 0 Å². The van der Waals surface area contributed by atoms with Crippen LogP contribution in [0, 0.1) is 0 Å². The average molecular weight is 356 g/mol. The molecule has 0 aliphatic heterocycles. The van der Waals surface area contributed by atoms with Crippen molar-refractivity contribution in [1.82, 2.24) is 30.1 Å². The van der Waals surface area contributed by atoms with E-state index in [0.29, 0.717) is 12.4 Å². The lowest BCUT2D eigenvalue weighted by Gasteiger charge is -2.01. The SMILES string of the molecule is COCc1cccc2[nH]c(-c3n[nH]c4ncc(-c5ccncc5)cc34)nc12. The highest BCUT2D eigenvalue weighted by Crippen LogP contribution is 2.29. The van der Waals surface area contributed by atoms with Gasteiger partial charge < -0.3 is 9.72 Å². The predicted molar refractivity (Wildman–Crippen MR) is 103 cm³/mol. The van der Waals surface area contributed by atoms with Gasteiger partial charge in [-0.15, -0.1) is 0 Å². The van der Waals surface area contributed by atoms with Gasteiger partial charge in [-0.25, -0.2) is 9.97 Å². The van der Waals surface area contributed by atoms with Crippen LogP contribution in [-0.2, 0) is 11.3 Å². The molecule has 4 heterocycles. The molecule has 0 spiro atoms. The molecule has 0 saturated carbocycles. The summed E-state index contributed by atoms with van der Waals surface area (Å²) in [5, 5.41) is 8.35. The fourth-order valence-electron chi connectivity index (χ4n) is 3.26. The molecule has 27 heavy (non-hydrogen) atoms. The molecule has 0 fully saturated rings. The molecule has 5 aromatic rings. The van der Waals surface area contributed by atoms with Gasteiger partial charge in [-0.1, -0.05) is 12.1 Å². The van der Waals surface area contributed by atoms with E-state index in [1.165, 1.54) is 0 Å². The number of ether oxygens (including phenoxy) is 1. The standard InChI is InChI=1S/C20H16N6O/c1-27-11-13-3-2-4-16-17(13)24-20(23-16)18-15-9-14(10-22-19(15)26-25-18)12-5-7-21-8-6-12/h2-10H,11H2,1H3,(H,23,24)(H,22,25,26). The van der Waals surface area contributed by atoms with Gasteiger partial charge in [0.05, 0.1) is 23.0 Å². The van der Waals surface area contributed by atoms with E-state index in [4.69, 9.17) is 9.72 Å². The van der Waals surface area contributed by atoms with Crippen LogP contribution in [-0.4, -0.2) is 37.2 Å². The Labute approximate surface area is 154 Å². The minimum atomic E-state index is 0.511. The Morgan fingerprint density at radius 2 is 1.96 bits per heavy atom. The number of nitrogens with zero attached hydrogens (tertiary/aromatic N) is 4. The summed E-state index contributed by atoms with van der Waals surface area (Å²) in [5.41, 5.74) is 6.40. The number of methoxy groups -OCH3 is 1. The van der Waals surface area contributed by atoms with Crippen LogP contribution in [0.5, 0.6) is 0 Å². The largest absolute Gasteiger partial charge is 0.380 e. The third-order valence-electron chi connectivity index (χ3n) is 4.55. The van der Waals surface area contributed by atoms with Gasteiger partial charge in [-0.05, 0) is 29.8 Å². The number of imidazole rings is 1. The third-order valence-corrected chi connectivity index (χ3v) is 4.55. The first kappa shape index (κ1) is 15.7. The number of pyridine rings is 2. The number of nitrogens with one attached hydrogen (secondary N) is 2. The van der Waals surface area contributed by atoms with Crippen molar-refractivity contribution >= 4 is 22.1 Å². The molecule has 132 valence electrons. The molecule has 0 aliphatic rings. The number of H-pyrrole nitrogens is 2. The van der Waals surface area contributed by atoms with Crippen molar-refractivity contribution in [2.45, 2.75) is 6.61 Å². The van der Waals surface area contributed by atoms with Crippen LogP contribution in [0.1, 0.15) is 5.56 Å². The van der Waals surface area contributed by atoms with Crippen molar-refractivity contribution in [3.63, 3.8) is 0 Å². The van der Waals surface area contributed by atoms with Crippen LogP contribution >= 0.6 is 0 Å². The number of aromatic amines is 2. The van der Waals surface area contributed by atoms with Crippen LogP contribution in [0.4, 0.5) is 0 Å². The fraction of sp³-hybridized carbons (Fsp3) is 0.100. The van der Waals surface area contributed by atoms with E-state index in [0.717, 1.165) is 44.5 Å². The molecule has 7 heteroatoms.